The lowest BCUT2D eigenvalue weighted by Gasteiger charge is -2.56. The quantitative estimate of drug-likeness (QED) is 0.814. The fraction of sp³-hybridized carbons (Fsp3) is 0.619. The zero-order valence-electron chi connectivity index (χ0n) is 15.8. The standard InChI is InChI=1S/C21H30N2O3/c1-3-20(26)22(12-16-8-7-9-16)13-18-21(17-10-5-4-6-11-17)19(14-24)23(18)15(2)25/h4-6,10-11,16,18-19,21,24H,3,7-9,12-14H2,1-2H3/t18-,19+,21-/m0/s1. The summed E-state index contributed by atoms with van der Waals surface area (Å²) in [4.78, 5) is 28.4. The van der Waals surface area contributed by atoms with Gasteiger partial charge in [-0.15, -0.1) is 0 Å². The third kappa shape index (κ3) is 3.63. The molecule has 1 aliphatic heterocycles. The van der Waals surface area contributed by atoms with E-state index in [1.54, 1.807) is 11.8 Å². The molecule has 2 fully saturated rings. The summed E-state index contributed by atoms with van der Waals surface area (Å²) in [6, 6.07) is 9.77. The smallest absolute Gasteiger partial charge is 0.222 e. The highest BCUT2D eigenvalue weighted by Crippen LogP contribution is 2.41. The van der Waals surface area contributed by atoms with Crippen LogP contribution in [0, 0.1) is 5.92 Å². The van der Waals surface area contributed by atoms with Gasteiger partial charge in [-0.2, -0.15) is 0 Å². The molecule has 26 heavy (non-hydrogen) atoms. The molecule has 2 amide bonds. The molecule has 0 spiro atoms. The van der Waals surface area contributed by atoms with Crippen molar-refractivity contribution in [3.63, 3.8) is 0 Å². The first-order valence-electron chi connectivity index (χ1n) is 9.79. The van der Waals surface area contributed by atoms with Crippen LogP contribution < -0.4 is 0 Å². The predicted molar refractivity (Wildman–Crippen MR) is 101 cm³/mol. The first kappa shape index (κ1) is 18.9. The largest absolute Gasteiger partial charge is 0.394 e. The Morgan fingerprint density at radius 1 is 1.15 bits per heavy atom. The first-order valence-corrected chi connectivity index (χ1v) is 9.79. The lowest BCUT2D eigenvalue weighted by molar-refractivity contribution is -0.153. The van der Waals surface area contributed by atoms with Gasteiger partial charge in [-0.3, -0.25) is 9.59 Å². The summed E-state index contributed by atoms with van der Waals surface area (Å²) in [5.74, 6) is 0.784. The van der Waals surface area contributed by atoms with Crippen molar-refractivity contribution in [2.45, 2.75) is 57.5 Å². The van der Waals surface area contributed by atoms with Crippen LogP contribution in [0.2, 0.25) is 0 Å². The minimum Gasteiger partial charge on any atom is -0.394 e. The molecule has 0 unspecified atom stereocenters. The molecule has 1 heterocycles. The second-order valence-electron chi connectivity index (χ2n) is 7.63. The van der Waals surface area contributed by atoms with Crippen LogP contribution in [0.1, 0.15) is 51.0 Å². The highest BCUT2D eigenvalue weighted by molar-refractivity contribution is 5.77. The number of carbonyl (C=O) groups excluding carboxylic acids is 2. The Hall–Kier alpha value is -1.88. The van der Waals surface area contributed by atoms with Gasteiger partial charge < -0.3 is 14.9 Å². The molecule has 2 aliphatic rings. The summed E-state index contributed by atoms with van der Waals surface area (Å²) in [6.07, 6.45) is 4.12. The molecule has 5 heteroatoms. The molecule has 142 valence electrons. The molecular formula is C21H30N2O3. The first-order chi connectivity index (χ1) is 12.6. The lowest BCUT2D eigenvalue weighted by Crippen LogP contribution is -2.68. The molecule has 3 rings (SSSR count). The van der Waals surface area contributed by atoms with Gasteiger partial charge in [-0.1, -0.05) is 43.7 Å². The van der Waals surface area contributed by atoms with Crippen molar-refractivity contribution >= 4 is 11.8 Å². The van der Waals surface area contributed by atoms with Gasteiger partial charge in [0.25, 0.3) is 0 Å². The fourth-order valence-corrected chi connectivity index (χ4v) is 4.45. The zero-order chi connectivity index (χ0) is 18.7. The molecule has 0 aromatic heterocycles. The molecule has 1 saturated carbocycles. The average Bonchev–Trinajstić information content (AvgIpc) is 2.59. The Balaban J connectivity index is 1.82. The van der Waals surface area contributed by atoms with E-state index in [1.807, 2.05) is 30.0 Å². The number of nitrogens with zero attached hydrogens (tertiary/aromatic N) is 2. The highest BCUT2D eigenvalue weighted by Gasteiger charge is 2.50. The van der Waals surface area contributed by atoms with Gasteiger partial charge in [-0.25, -0.2) is 0 Å². The molecular weight excluding hydrogens is 328 g/mol. The van der Waals surface area contributed by atoms with Crippen molar-refractivity contribution in [1.29, 1.82) is 0 Å². The topological polar surface area (TPSA) is 60.9 Å². The van der Waals surface area contributed by atoms with E-state index < -0.39 is 0 Å². The maximum absolute atomic E-state index is 12.5. The maximum atomic E-state index is 12.5. The van der Waals surface area contributed by atoms with Crippen LogP contribution in [0.3, 0.4) is 0 Å². The van der Waals surface area contributed by atoms with Crippen LogP contribution >= 0.6 is 0 Å². The second-order valence-corrected chi connectivity index (χ2v) is 7.63. The lowest BCUT2D eigenvalue weighted by atomic mass is 9.74. The van der Waals surface area contributed by atoms with Crippen molar-refractivity contribution in [3.8, 4) is 0 Å². The summed E-state index contributed by atoms with van der Waals surface area (Å²) in [6.45, 7) is 4.73. The van der Waals surface area contributed by atoms with E-state index in [-0.39, 0.29) is 36.4 Å². The van der Waals surface area contributed by atoms with Crippen molar-refractivity contribution < 1.29 is 14.7 Å². The molecule has 1 N–H and O–H groups in total. The van der Waals surface area contributed by atoms with E-state index in [2.05, 4.69) is 12.1 Å². The number of amides is 2. The molecule has 0 bridgehead atoms. The van der Waals surface area contributed by atoms with E-state index in [1.165, 1.54) is 19.3 Å². The van der Waals surface area contributed by atoms with Crippen LogP contribution in [0.5, 0.6) is 0 Å². The normalized spacial score (nSPS) is 25.3. The second kappa shape index (κ2) is 8.21. The van der Waals surface area contributed by atoms with Gasteiger partial charge in [0.2, 0.25) is 11.8 Å². The monoisotopic (exact) mass is 358 g/mol. The zero-order valence-corrected chi connectivity index (χ0v) is 15.8. The summed E-state index contributed by atoms with van der Waals surface area (Å²) in [5, 5.41) is 9.86. The van der Waals surface area contributed by atoms with E-state index >= 15 is 0 Å². The van der Waals surface area contributed by atoms with Crippen LogP contribution in [-0.2, 0) is 9.59 Å². The number of hydrogen-bond acceptors (Lipinski definition) is 3. The third-order valence-electron chi connectivity index (χ3n) is 6.04. The van der Waals surface area contributed by atoms with E-state index in [9.17, 15) is 14.7 Å². The molecule has 5 nitrogen and oxygen atoms in total. The summed E-state index contributed by atoms with van der Waals surface area (Å²) < 4.78 is 0. The van der Waals surface area contributed by atoms with E-state index in [0.29, 0.717) is 18.9 Å². The van der Waals surface area contributed by atoms with Gasteiger partial charge >= 0.3 is 0 Å². The number of hydrogen-bond donors (Lipinski definition) is 1. The minimum absolute atomic E-state index is 0.0335. The predicted octanol–water partition coefficient (Wildman–Crippen LogP) is 2.40. The van der Waals surface area contributed by atoms with Gasteiger partial charge in [0.05, 0.1) is 18.7 Å². The van der Waals surface area contributed by atoms with Crippen molar-refractivity contribution in [3.05, 3.63) is 35.9 Å². The Morgan fingerprint density at radius 3 is 2.35 bits per heavy atom. The number of benzene rings is 1. The Bertz CT molecular complexity index is 629. The summed E-state index contributed by atoms with van der Waals surface area (Å²) >= 11 is 0. The minimum atomic E-state index is -0.206. The van der Waals surface area contributed by atoms with Gasteiger partial charge in [0, 0.05) is 32.4 Å². The van der Waals surface area contributed by atoms with Crippen LogP contribution in [0.25, 0.3) is 0 Å². The van der Waals surface area contributed by atoms with Crippen molar-refractivity contribution in [1.82, 2.24) is 9.80 Å². The molecule has 1 aromatic rings. The number of likely N-dealkylation sites (tertiary alicyclic amines) is 1. The number of rotatable bonds is 7. The van der Waals surface area contributed by atoms with Crippen molar-refractivity contribution in [2.24, 2.45) is 5.92 Å². The molecule has 1 aliphatic carbocycles. The van der Waals surface area contributed by atoms with Gasteiger partial charge in [0.1, 0.15) is 0 Å². The summed E-state index contributed by atoms with van der Waals surface area (Å²) in [7, 11) is 0. The molecule has 3 atom stereocenters. The van der Waals surface area contributed by atoms with Crippen LogP contribution in [0.4, 0.5) is 0 Å². The molecule has 1 aromatic carbocycles. The van der Waals surface area contributed by atoms with Crippen LogP contribution in [-0.4, -0.2) is 58.5 Å². The van der Waals surface area contributed by atoms with E-state index in [0.717, 1.165) is 12.1 Å². The Labute approximate surface area is 156 Å². The fourth-order valence-electron chi connectivity index (χ4n) is 4.45. The Morgan fingerprint density at radius 2 is 1.85 bits per heavy atom. The maximum Gasteiger partial charge on any atom is 0.222 e. The number of aliphatic hydroxyl groups is 1. The van der Waals surface area contributed by atoms with E-state index in [4.69, 9.17) is 0 Å². The highest BCUT2D eigenvalue weighted by atomic mass is 16.3. The van der Waals surface area contributed by atoms with Crippen LogP contribution in [0.15, 0.2) is 30.3 Å². The SMILES string of the molecule is CCC(=O)N(CC1CCC1)C[C@H]1[C@H](c2ccccc2)[C@@H](CO)N1C(C)=O. The van der Waals surface area contributed by atoms with Crippen molar-refractivity contribution in [2.75, 3.05) is 19.7 Å². The van der Waals surface area contributed by atoms with Gasteiger partial charge in [0.15, 0.2) is 0 Å². The molecule has 1 saturated heterocycles. The summed E-state index contributed by atoms with van der Waals surface area (Å²) in [5.41, 5.74) is 1.13. The average molecular weight is 358 g/mol. The third-order valence-corrected chi connectivity index (χ3v) is 6.04. The molecule has 0 radical (unpaired) electrons. The number of carbonyl (C=O) groups is 2. The Kier molecular flexibility index (Phi) is 5.97. The van der Waals surface area contributed by atoms with Gasteiger partial charge in [-0.05, 0) is 24.3 Å². The number of aliphatic hydroxyl groups excluding tert-OH is 1.